The molecule has 0 unspecified atom stereocenters. The van der Waals surface area contributed by atoms with Crippen molar-refractivity contribution in [3.63, 3.8) is 0 Å². The van der Waals surface area contributed by atoms with Crippen molar-refractivity contribution in [2.24, 2.45) is 0 Å². The Morgan fingerprint density at radius 2 is 1.83 bits per heavy atom. The first-order valence-corrected chi connectivity index (χ1v) is 10.0. The highest BCUT2D eigenvalue weighted by Crippen LogP contribution is 2.21. The molecule has 0 spiro atoms. The third kappa shape index (κ3) is 6.17. The molecular weight excluding hydrogens is 364 g/mol. The van der Waals surface area contributed by atoms with Crippen molar-refractivity contribution in [2.45, 2.75) is 19.9 Å². The lowest BCUT2D eigenvalue weighted by Gasteiger charge is -2.31. The van der Waals surface area contributed by atoms with Gasteiger partial charge in [0.25, 0.3) is 0 Å². The summed E-state index contributed by atoms with van der Waals surface area (Å²) in [6.07, 6.45) is 3.39. The van der Waals surface area contributed by atoms with Crippen LogP contribution in [0.25, 0.3) is 6.08 Å². The van der Waals surface area contributed by atoms with Crippen LogP contribution >= 0.6 is 0 Å². The summed E-state index contributed by atoms with van der Waals surface area (Å²) in [7, 11) is 1.64. The molecule has 3 rings (SSSR count). The van der Waals surface area contributed by atoms with Crippen LogP contribution in [0.2, 0.25) is 0 Å². The number of benzene rings is 2. The standard InChI is InChI=1S/C24H30N2O3/c1-18-4-7-20(8-5-18)22(17-26-12-14-29-15-13-26)25-24(27)11-9-21-16-19(2)6-10-23(21)28-3/h4-11,16,22H,12-15,17H2,1-3H3,(H,25,27)/b11-9+/t22-/m0/s1. The molecule has 29 heavy (non-hydrogen) atoms. The van der Waals surface area contributed by atoms with Crippen LogP contribution in [-0.2, 0) is 9.53 Å². The van der Waals surface area contributed by atoms with Crippen LogP contribution in [0.5, 0.6) is 5.75 Å². The average molecular weight is 395 g/mol. The Morgan fingerprint density at radius 3 is 2.52 bits per heavy atom. The molecule has 0 radical (unpaired) electrons. The van der Waals surface area contributed by atoms with Gasteiger partial charge in [0.1, 0.15) is 5.75 Å². The van der Waals surface area contributed by atoms with Crippen LogP contribution in [0.1, 0.15) is 28.3 Å². The van der Waals surface area contributed by atoms with Crippen molar-refractivity contribution in [1.29, 1.82) is 0 Å². The van der Waals surface area contributed by atoms with Gasteiger partial charge in [-0.3, -0.25) is 9.69 Å². The van der Waals surface area contributed by atoms with Gasteiger partial charge in [0, 0.05) is 31.3 Å². The maximum atomic E-state index is 12.7. The summed E-state index contributed by atoms with van der Waals surface area (Å²) in [4.78, 5) is 15.0. The van der Waals surface area contributed by atoms with E-state index < -0.39 is 0 Å². The van der Waals surface area contributed by atoms with Gasteiger partial charge in [0.05, 0.1) is 26.4 Å². The molecule has 5 nitrogen and oxygen atoms in total. The summed E-state index contributed by atoms with van der Waals surface area (Å²) in [6.45, 7) is 8.09. The molecule has 1 aliphatic heterocycles. The molecule has 0 saturated carbocycles. The van der Waals surface area contributed by atoms with E-state index >= 15 is 0 Å². The lowest BCUT2D eigenvalue weighted by Crippen LogP contribution is -2.42. The van der Waals surface area contributed by atoms with Crippen LogP contribution < -0.4 is 10.1 Å². The fraction of sp³-hybridized carbons (Fsp3) is 0.375. The number of aryl methyl sites for hydroxylation is 2. The van der Waals surface area contributed by atoms with E-state index in [4.69, 9.17) is 9.47 Å². The predicted octanol–water partition coefficient (Wildman–Crippen LogP) is 3.51. The molecule has 0 aromatic heterocycles. The molecule has 1 amide bonds. The summed E-state index contributed by atoms with van der Waals surface area (Å²) in [5.41, 5.74) is 4.33. The number of carbonyl (C=O) groups is 1. The molecule has 154 valence electrons. The monoisotopic (exact) mass is 394 g/mol. The third-order valence-corrected chi connectivity index (χ3v) is 5.14. The number of hydrogen-bond donors (Lipinski definition) is 1. The maximum Gasteiger partial charge on any atom is 0.244 e. The van der Waals surface area contributed by atoms with Crippen LogP contribution in [0.4, 0.5) is 0 Å². The summed E-state index contributed by atoms with van der Waals surface area (Å²) in [5, 5.41) is 3.17. The molecule has 1 N–H and O–H groups in total. The maximum absolute atomic E-state index is 12.7. The average Bonchev–Trinajstić information content (AvgIpc) is 2.73. The van der Waals surface area contributed by atoms with Gasteiger partial charge in [0.15, 0.2) is 0 Å². The van der Waals surface area contributed by atoms with E-state index in [0.717, 1.165) is 55.3 Å². The minimum atomic E-state index is -0.118. The Labute approximate surface area is 173 Å². The molecule has 2 aromatic carbocycles. The van der Waals surface area contributed by atoms with E-state index in [0.29, 0.717) is 0 Å². The zero-order valence-corrected chi connectivity index (χ0v) is 17.5. The van der Waals surface area contributed by atoms with Gasteiger partial charge in [-0.05, 0) is 37.6 Å². The third-order valence-electron chi connectivity index (χ3n) is 5.14. The fourth-order valence-electron chi connectivity index (χ4n) is 3.44. The lowest BCUT2D eigenvalue weighted by molar-refractivity contribution is -0.117. The number of morpholine rings is 1. The summed E-state index contributed by atoms with van der Waals surface area (Å²) in [6, 6.07) is 14.2. The number of nitrogens with zero attached hydrogens (tertiary/aromatic N) is 1. The van der Waals surface area contributed by atoms with Gasteiger partial charge >= 0.3 is 0 Å². The molecular formula is C24H30N2O3. The van der Waals surface area contributed by atoms with Crippen molar-refractivity contribution in [3.05, 3.63) is 70.8 Å². The fourth-order valence-corrected chi connectivity index (χ4v) is 3.44. The number of rotatable bonds is 7. The van der Waals surface area contributed by atoms with Crippen molar-refractivity contribution >= 4 is 12.0 Å². The first kappa shape index (κ1) is 21.1. The lowest BCUT2D eigenvalue weighted by atomic mass is 10.0. The van der Waals surface area contributed by atoms with E-state index in [2.05, 4.69) is 41.4 Å². The minimum absolute atomic E-state index is 0.0785. The number of methoxy groups -OCH3 is 1. The summed E-state index contributed by atoms with van der Waals surface area (Å²) in [5.74, 6) is 0.635. The number of hydrogen-bond acceptors (Lipinski definition) is 4. The highest BCUT2D eigenvalue weighted by molar-refractivity contribution is 5.92. The first-order valence-electron chi connectivity index (χ1n) is 10.0. The van der Waals surface area contributed by atoms with Gasteiger partial charge in [-0.15, -0.1) is 0 Å². The van der Waals surface area contributed by atoms with E-state index in [1.54, 1.807) is 13.2 Å². The van der Waals surface area contributed by atoms with Crippen molar-refractivity contribution in [2.75, 3.05) is 40.0 Å². The molecule has 0 bridgehead atoms. The van der Waals surface area contributed by atoms with E-state index in [9.17, 15) is 4.79 Å². The zero-order chi connectivity index (χ0) is 20.6. The van der Waals surface area contributed by atoms with Crippen LogP contribution in [0.3, 0.4) is 0 Å². The quantitative estimate of drug-likeness (QED) is 0.730. The molecule has 1 atom stereocenters. The van der Waals surface area contributed by atoms with Crippen LogP contribution in [0.15, 0.2) is 48.5 Å². The predicted molar refractivity (Wildman–Crippen MR) is 116 cm³/mol. The SMILES string of the molecule is COc1ccc(C)cc1/C=C/C(=O)N[C@@H](CN1CCOCC1)c1ccc(C)cc1. The van der Waals surface area contributed by atoms with Crippen molar-refractivity contribution in [3.8, 4) is 5.75 Å². The van der Waals surface area contributed by atoms with E-state index in [-0.39, 0.29) is 11.9 Å². The normalized spacial score (nSPS) is 16.0. The molecule has 2 aromatic rings. The number of carbonyl (C=O) groups excluding carboxylic acids is 1. The van der Waals surface area contributed by atoms with Gasteiger partial charge in [-0.1, -0.05) is 41.5 Å². The Hall–Kier alpha value is -2.63. The highest BCUT2D eigenvalue weighted by Gasteiger charge is 2.19. The van der Waals surface area contributed by atoms with Crippen LogP contribution in [0, 0.1) is 13.8 Å². The molecule has 5 heteroatoms. The van der Waals surface area contributed by atoms with Crippen molar-refractivity contribution < 1.29 is 14.3 Å². The van der Waals surface area contributed by atoms with Gasteiger partial charge in [-0.2, -0.15) is 0 Å². The van der Waals surface area contributed by atoms with Crippen molar-refractivity contribution in [1.82, 2.24) is 10.2 Å². The topological polar surface area (TPSA) is 50.8 Å². The Bertz CT molecular complexity index is 840. The first-order chi connectivity index (χ1) is 14.0. The van der Waals surface area contributed by atoms with Crippen LogP contribution in [-0.4, -0.2) is 50.8 Å². The molecule has 1 saturated heterocycles. The number of nitrogens with one attached hydrogen (secondary N) is 1. The number of ether oxygens (including phenoxy) is 2. The molecule has 1 aliphatic rings. The van der Waals surface area contributed by atoms with Gasteiger partial charge in [0.2, 0.25) is 5.91 Å². The number of amides is 1. The van der Waals surface area contributed by atoms with E-state index in [1.807, 2.05) is 31.2 Å². The largest absolute Gasteiger partial charge is 0.496 e. The molecule has 0 aliphatic carbocycles. The van der Waals surface area contributed by atoms with E-state index in [1.165, 1.54) is 5.56 Å². The molecule has 1 heterocycles. The second-order valence-electron chi connectivity index (χ2n) is 7.46. The van der Waals surface area contributed by atoms with Gasteiger partial charge in [-0.25, -0.2) is 0 Å². The Balaban J connectivity index is 1.73. The Kier molecular flexibility index (Phi) is 7.44. The minimum Gasteiger partial charge on any atom is -0.496 e. The Morgan fingerprint density at radius 1 is 1.14 bits per heavy atom. The highest BCUT2D eigenvalue weighted by atomic mass is 16.5. The second kappa shape index (κ2) is 10.2. The second-order valence-corrected chi connectivity index (χ2v) is 7.46. The smallest absolute Gasteiger partial charge is 0.244 e. The summed E-state index contributed by atoms with van der Waals surface area (Å²) < 4.78 is 10.8. The van der Waals surface area contributed by atoms with Gasteiger partial charge < -0.3 is 14.8 Å². The molecule has 1 fully saturated rings. The summed E-state index contributed by atoms with van der Waals surface area (Å²) >= 11 is 0. The zero-order valence-electron chi connectivity index (χ0n) is 17.5.